The van der Waals surface area contributed by atoms with Gasteiger partial charge in [0.25, 0.3) is 5.91 Å². The molecule has 0 bridgehead atoms. The van der Waals surface area contributed by atoms with Crippen LogP contribution in [0.3, 0.4) is 0 Å². The molecule has 0 saturated carbocycles. The van der Waals surface area contributed by atoms with Crippen molar-refractivity contribution in [3.63, 3.8) is 0 Å². The number of halogens is 2. The Bertz CT molecular complexity index is 659. The van der Waals surface area contributed by atoms with E-state index in [2.05, 4.69) is 5.32 Å². The molecule has 2 aromatic rings. The third kappa shape index (κ3) is 3.15. The van der Waals surface area contributed by atoms with Gasteiger partial charge in [0, 0.05) is 5.02 Å². The summed E-state index contributed by atoms with van der Waals surface area (Å²) >= 11 is 11.8. The van der Waals surface area contributed by atoms with E-state index in [4.69, 9.17) is 27.9 Å². The number of benzene rings is 2. The number of nitrogens with one attached hydrogen (secondary N) is 1. The van der Waals surface area contributed by atoms with Gasteiger partial charge in [-0.1, -0.05) is 23.2 Å². The first-order valence-corrected chi connectivity index (χ1v) is 6.40. The summed E-state index contributed by atoms with van der Waals surface area (Å²) in [5.74, 6) is -0.172. The molecule has 4 nitrogen and oxygen atoms in total. The minimum Gasteiger partial charge on any atom is -0.507 e. The molecule has 0 spiro atoms. The summed E-state index contributed by atoms with van der Waals surface area (Å²) in [6.45, 7) is 0. The Balaban J connectivity index is 2.28. The fourth-order valence-electron chi connectivity index (χ4n) is 1.60. The van der Waals surface area contributed by atoms with E-state index in [-0.39, 0.29) is 11.3 Å². The van der Waals surface area contributed by atoms with Crippen LogP contribution in [-0.4, -0.2) is 18.1 Å². The van der Waals surface area contributed by atoms with Crippen LogP contribution >= 0.6 is 23.2 Å². The van der Waals surface area contributed by atoms with E-state index in [1.54, 1.807) is 18.2 Å². The summed E-state index contributed by atoms with van der Waals surface area (Å²) in [6, 6.07) is 9.09. The van der Waals surface area contributed by atoms with Crippen LogP contribution in [-0.2, 0) is 0 Å². The van der Waals surface area contributed by atoms with Crippen LogP contribution < -0.4 is 10.1 Å². The van der Waals surface area contributed by atoms with E-state index in [1.165, 1.54) is 25.3 Å². The highest BCUT2D eigenvalue weighted by Crippen LogP contribution is 2.28. The fourth-order valence-corrected chi connectivity index (χ4v) is 2.06. The summed E-state index contributed by atoms with van der Waals surface area (Å²) in [4.78, 5) is 12.1. The maximum atomic E-state index is 12.1. The molecule has 0 unspecified atom stereocenters. The first-order chi connectivity index (χ1) is 9.51. The molecule has 104 valence electrons. The second-order valence-electron chi connectivity index (χ2n) is 3.96. The van der Waals surface area contributed by atoms with Gasteiger partial charge in [-0.25, -0.2) is 0 Å². The van der Waals surface area contributed by atoms with Crippen molar-refractivity contribution in [2.45, 2.75) is 0 Å². The Morgan fingerprint density at radius 1 is 1.20 bits per heavy atom. The molecule has 0 heterocycles. The maximum Gasteiger partial charge on any atom is 0.259 e. The van der Waals surface area contributed by atoms with Crippen LogP contribution in [0.15, 0.2) is 36.4 Å². The van der Waals surface area contributed by atoms with Gasteiger partial charge in [-0.3, -0.25) is 4.79 Å². The predicted octanol–water partition coefficient (Wildman–Crippen LogP) is 3.96. The summed E-state index contributed by atoms with van der Waals surface area (Å²) < 4.78 is 5.02. The van der Waals surface area contributed by atoms with Gasteiger partial charge in [0.2, 0.25) is 0 Å². The Morgan fingerprint density at radius 3 is 2.60 bits per heavy atom. The highest BCUT2D eigenvalue weighted by atomic mass is 35.5. The van der Waals surface area contributed by atoms with Crippen LogP contribution in [0.4, 0.5) is 5.69 Å². The summed E-state index contributed by atoms with van der Waals surface area (Å²) in [5, 5.41) is 13.1. The standard InChI is InChI=1S/C14H11Cl2NO3/c1-20-9-3-5-13(18)10(7-9)14(19)17-12-4-2-8(15)6-11(12)16/h2-7,18H,1H3,(H,17,19). The van der Waals surface area contributed by atoms with Crippen molar-refractivity contribution in [2.24, 2.45) is 0 Å². The molecule has 2 rings (SSSR count). The second-order valence-corrected chi connectivity index (χ2v) is 4.81. The number of phenols is 1. The first-order valence-electron chi connectivity index (χ1n) is 5.64. The molecule has 0 aromatic heterocycles. The highest BCUT2D eigenvalue weighted by Gasteiger charge is 2.14. The average molecular weight is 312 g/mol. The molecular formula is C14H11Cl2NO3. The number of hydrogen-bond donors (Lipinski definition) is 2. The number of rotatable bonds is 3. The van der Waals surface area contributed by atoms with Crippen molar-refractivity contribution < 1.29 is 14.6 Å². The lowest BCUT2D eigenvalue weighted by atomic mass is 10.1. The van der Waals surface area contributed by atoms with Crippen LogP contribution in [0.2, 0.25) is 10.0 Å². The van der Waals surface area contributed by atoms with Crippen LogP contribution in [0.1, 0.15) is 10.4 Å². The summed E-state index contributed by atoms with van der Waals surface area (Å²) in [6.07, 6.45) is 0. The van der Waals surface area contributed by atoms with E-state index < -0.39 is 5.91 Å². The summed E-state index contributed by atoms with van der Waals surface area (Å²) in [5.41, 5.74) is 0.499. The number of hydrogen-bond acceptors (Lipinski definition) is 3. The number of methoxy groups -OCH3 is 1. The van der Waals surface area contributed by atoms with Crippen molar-refractivity contribution >= 4 is 34.8 Å². The minimum atomic E-state index is -0.495. The number of carbonyl (C=O) groups is 1. The van der Waals surface area contributed by atoms with Crippen LogP contribution in [0.5, 0.6) is 11.5 Å². The van der Waals surface area contributed by atoms with E-state index in [1.807, 2.05) is 0 Å². The monoisotopic (exact) mass is 311 g/mol. The number of phenolic OH excluding ortho intramolecular Hbond substituents is 1. The van der Waals surface area contributed by atoms with Gasteiger partial charge in [0.05, 0.1) is 23.4 Å². The SMILES string of the molecule is COc1ccc(O)c(C(=O)Nc2ccc(Cl)cc2Cl)c1. The Kier molecular flexibility index (Phi) is 4.37. The van der Waals surface area contributed by atoms with Crippen molar-refractivity contribution in [3.8, 4) is 11.5 Å². The lowest BCUT2D eigenvalue weighted by Gasteiger charge is -2.10. The normalized spacial score (nSPS) is 10.2. The van der Waals surface area contributed by atoms with Gasteiger partial charge in [-0.05, 0) is 36.4 Å². The molecule has 2 aromatic carbocycles. The molecule has 6 heteroatoms. The highest BCUT2D eigenvalue weighted by molar-refractivity contribution is 6.36. The third-order valence-electron chi connectivity index (χ3n) is 2.63. The zero-order valence-electron chi connectivity index (χ0n) is 10.5. The number of ether oxygens (including phenoxy) is 1. The van der Waals surface area contributed by atoms with E-state index in [9.17, 15) is 9.90 Å². The van der Waals surface area contributed by atoms with Gasteiger partial charge >= 0.3 is 0 Å². The molecule has 0 atom stereocenters. The largest absolute Gasteiger partial charge is 0.507 e. The molecule has 0 aliphatic rings. The van der Waals surface area contributed by atoms with Crippen LogP contribution in [0.25, 0.3) is 0 Å². The predicted molar refractivity (Wildman–Crippen MR) is 79.1 cm³/mol. The molecular weight excluding hydrogens is 301 g/mol. The van der Waals surface area contributed by atoms with Gasteiger partial charge < -0.3 is 15.2 Å². The molecule has 0 aliphatic heterocycles. The Morgan fingerprint density at radius 2 is 1.95 bits per heavy atom. The first kappa shape index (κ1) is 14.5. The molecule has 0 aliphatic carbocycles. The van der Waals surface area contributed by atoms with E-state index >= 15 is 0 Å². The maximum absolute atomic E-state index is 12.1. The molecule has 2 N–H and O–H groups in total. The second kappa shape index (κ2) is 6.03. The minimum absolute atomic E-state index is 0.0929. The van der Waals surface area contributed by atoms with Gasteiger partial charge in [0.15, 0.2) is 0 Å². The number of aromatic hydroxyl groups is 1. The number of carbonyl (C=O) groups excluding carboxylic acids is 1. The lowest BCUT2D eigenvalue weighted by molar-refractivity contribution is 0.102. The third-order valence-corrected chi connectivity index (χ3v) is 3.18. The summed E-state index contributed by atoms with van der Waals surface area (Å²) in [7, 11) is 1.48. The van der Waals surface area contributed by atoms with Gasteiger partial charge in [0.1, 0.15) is 11.5 Å². The van der Waals surface area contributed by atoms with E-state index in [0.717, 1.165) is 0 Å². The molecule has 1 amide bonds. The van der Waals surface area contributed by atoms with E-state index in [0.29, 0.717) is 21.5 Å². The van der Waals surface area contributed by atoms with Gasteiger partial charge in [-0.2, -0.15) is 0 Å². The van der Waals surface area contributed by atoms with Crippen molar-refractivity contribution in [1.82, 2.24) is 0 Å². The molecule has 0 saturated heterocycles. The fraction of sp³-hybridized carbons (Fsp3) is 0.0714. The molecule has 0 radical (unpaired) electrons. The van der Waals surface area contributed by atoms with Crippen molar-refractivity contribution in [1.29, 1.82) is 0 Å². The Labute approximate surface area is 125 Å². The van der Waals surface area contributed by atoms with Crippen molar-refractivity contribution in [2.75, 3.05) is 12.4 Å². The lowest BCUT2D eigenvalue weighted by Crippen LogP contribution is -2.12. The quantitative estimate of drug-likeness (QED) is 0.902. The van der Waals surface area contributed by atoms with Crippen LogP contribution in [0, 0.1) is 0 Å². The smallest absolute Gasteiger partial charge is 0.259 e. The molecule has 20 heavy (non-hydrogen) atoms. The zero-order chi connectivity index (χ0) is 14.7. The number of anilines is 1. The van der Waals surface area contributed by atoms with Gasteiger partial charge in [-0.15, -0.1) is 0 Å². The Hall–Kier alpha value is -1.91. The molecule has 0 fully saturated rings. The number of amides is 1. The average Bonchev–Trinajstić information content (AvgIpc) is 2.42. The zero-order valence-corrected chi connectivity index (χ0v) is 12.0. The van der Waals surface area contributed by atoms with Crippen molar-refractivity contribution in [3.05, 3.63) is 52.0 Å². The topological polar surface area (TPSA) is 58.6 Å².